The van der Waals surface area contributed by atoms with E-state index in [0.29, 0.717) is 17.8 Å². The number of aliphatic hydroxyl groups is 2. The molecule has 1 rings (SSSR count). The minimum absolute atomic E-state index is 0.329. The van der Waals surface area contributed by atoms with Gasteiger partial charge in [0.15, 0.2) is 0 Å². The molecule has 0 aliphatic heterocycles. The second-order valence-corrected chi connectivity index (χ2v) is 3.20. The van der Waals surface area contributed by atoms with Gasteiger partial charge in [-0.25, -0.2) is 0 Å². The molecule has 0 saturated heterocycles. The molecule has 0 radical (unpaired) electrons. The molecule has 5 N–H and O–H groups in total. The van der Waals surface area contributed by atoms with E-state index >= 15 is 0 Å². The number of hydrogen-bond donors (Lipinski definition) is 4. The lowest BCUT2D eigenvalue weighted by molar-refractivity contribution is 0.0207. The summed E-state index contributed by atoms with van der Waals surface area (Å²) in [5.74, 6) is 0. The third kappa shape index (κ3) is 2.45. The zero-order valence-corrected chi connectivity index (χ0v) is 8.14. The Balaban J connectivity index is 2.78. The van der Waals surface area contributed by atoms with E-state index < -0.39 is 12.2 Å². The molecule has 0 heterocycles. The molecule has 0 saturated carbocycles. The number of benzene rings is 1. The molecule has 4 heteroatoms. The molecular weight excluding hydrogens is 180 g/mol. The molecule has 0 aliphatic carbocycles. The number of anilines is 1. The van der Waals surface area contributed by atoms with Gasteiger partial charge in [-0.05, 0) is 13.1 Å². The highest BCUT2D eigenvalue weighted by atomic mass is 16.3. The van der Waals surface area contributed by atoms with Gasteiger partial charge in [-0.1, -0.05) is 18.2 Å². The molecule has 0 amide bonds. The molecule has 78 valence electrons. The van der Waals surface area contributed by atoms with Crippen LogP contribution in [0.3, 0.4) is 0 Å². The van der Waals surface area contributed by atoms with E-state index in [0.717, 1.165) is 0 Å². The Morgan fingerprint density at radius 3 is 2.57 bits per heavy atom. The van der Waals surface area contributed by atoms with Gasteiger partial charge in [0.25, 0.3) is 0 Å². The monoisotopic (exact) mass is 196 g/mol. The number of para-hydroxylation sites is 1. The van der Waals surface area contributed by atoms with Crippen molar-refractivity contribution >= 4 is 5.69 Å². The van der Waals surface area contributed by atoms with Crippen LogP contribution in [0.4, 0.5) is 5.69 Å². The standard InChI is InChI=1S/C10H16N2O2/c1-12-6-9(13)10(14)7-4-2-3-5-8(7)11/h2-5,9-10,12-14H,6,11H2,1H3. The number of nitrogen functional groups attached to an aromatic ring is 1. The summed E-state index contributed by atoms with van der Waals surface area (Å²) in [5.41, 5.74) is 6.72. The lowest BCUT2D eigenvalue weighted by atomic mass is 10.0. The quantitative estimate of drug-likeness (QED) is 0.506. The van der Waals surface area contributed by atoms with Gasteiger partial charge in [0.1, 0.15) is 6.10 Å². The van der Waals surface area contributed by atoms with E-state index in [4.69, 9.17) is 5.73 Å². The van der Waals surface area contributed by atoms with E-state index in [2.05, 4.69) is 5.32 Å². The fraction of sp³-hybridized carbons (Fsp3) is 0.400. The molecule has 1 aromatic rings. The Morgan fingerprint density at radius 1 is 1.36 bits per heavy atom. The van der Waals surface area contributed by atoms with E-state index in [9.17, 15) is 10.2 Å². The van der Waals surface area contributed by atoms with Gasteiger partial charge >= 0.3 is 0 Å². The first-order valence-electron chi connectivity index (χ1n) is 4.52. The number of nitrogens with one attached hydrogen (secondary N) is 1. The number of nitrogens with two attached hydrogens (primary N) is 1. The van der Waals surface area contributed by atoms with Crippen molar-refractivity contribution in [3.63, 3.8) is 0 Å². The van der Waals surface area contributed by atoms with Crippen LogP contribution in [0.5, 0.6) is 0 Å². The van der Waals surface area contributed by atoms with Gasteiger partial charge in [0, 0.05) is 17.8 Å². The fourth-order valence-corrected chi connectivity index (χ4v) is 1.31. The first kappa shape index (κ1) is 11.0. The zero-order chi connectivity index (χ0) is 10.6. The number of aliphatic hydroxyl groups excluding tert-OH is 2. The molecule has 2 atom stereocenters. The average Bonchev–Trinajstić information content (AvgIpc) is 2.18. The summed E-state index contributed by atoms with van der Waals surface area (Å²) in [5, 5.41) is 22.0. The molecule has 2 unspecified atom stereocenters. The van der Waals surface area contributed by atoms with Crippen LogP contribution in [-0.2, 0) is 0 Å². The van der Waals surface area contributed by atoms with Crippen LogP contribution in [-0.4, -0.2) is 29.9 Å². The average molecular weight is 196 g/mol. The maximum Gasteiger partial charge on any atom is 0.108 e. The normalized spacial score (nSPS) is 15.1. The lowest BCUT2D eigenvalue weighted by Crippen LogP contribution is -2.29. The van der Waals surface area contributed by atoms with Gasteiger partial charge in [-0.2, -0.15) is 0 Å². The molecule has 0 aromatic heterocycles. The molecule has 0 bridgehead atoms. The number of hydrogen-bond acceptors (Lipinski definition) is 4. The molecule has 1 aromatic carbocycles. The summed E-state index contributed by atoms with van der Waals surface area (Å²) in [7, 11) is 1.71. The molecule has 4 nitrogen and oxygen atoms in total. The van der Waals surface area contributed by atoms with Gasteiger partial charge in [0.2, 0.25) is 0 Å². The van der Waals surface area contributed by atoms with Crippen LogP contribution in [0.1, 0.15) is 11.7 Å². The first-order chi connectivity index (χ1) is 6.66. The highest BCUT2D eigenvalue weighted by Crippen LogP contribution is 2.22. The van der Waals surface area contributed by atoms with Crippen molar-refractivity contribution in [2.75, 3.05) is 19.3 Å². The summed E-state index contributed by atoms with van der Waals surface area (Å²) < 4.78 is 0. The van der Waals surface area contributed by atoms with Gasteiger partial charge in [-0.3, -0.25) is 0 Å². The van der Waals surface area contributed by atoms with Gasteiger partial charge in [0.05, 0.1) is 6.10 Å². The van der Waals surface area contributed by atoms with Crippen molar-refractivity contribution < 1.29 is 10.2 Å². The predicted octanol–water partition coefficient (Wildman–Crippen LogP) is -0.118. The van der Waals surface area contributed by atoms with Gasteiger partial charge in [-0.15, -0.1) is 0 Å². The van der Waals surface area contributed by atoms with Crippen molar-refractivity contribution in [1.82, 2.24) is 5.32 Å². The third-order valence-electron chi connectivity index (χ3n) is 2.09. The Bertz CT molecular complexity index is 291. The topological polar surface area (TPSA) is 78.5 Å². The van der Waals surface area contributed by atoms with Crippen molar-refractivity contribution in [2.24, 2.45) is 0 Å². The largest absolute Gasteiger partial charge is 0.398 e. The maximum atomic E-state index is 9.73. The fourth-order valence-electron chi connectivity index (χ4n) is 1.31. The molecule has 14 heavy (non-hydrogen) atoms. The summed E-state index contributed by atoms with van der Waals surface area (Å²) in [6, 6.07) is 6.97. The Kier molecular flexibility index (Phi) is 3.88. The summed E-state index contributed by atoms with van der Waals surface area (Å²) >= 11 is 0. The Hall–Kier alpha value is -1.10. The minimum atomic E-state index is -0.941. The van der Waals surface area contributed by atoms with Crippen molar-refractivity contribution in [2.45, 2.75) is 12.2 Å². The van der Waals surface area contributed by atoms with E-state index in [1.165, 1.54) is 0 Å². The molecule has 0 fully saturated rings. The molecular formula is C10H16N2O2. The number of likely N-dealkylation sites (N-methyl/N-ethyl adjacent to an activating group) is 1. The first-order valence-corrected chi connectivity index (χ1v) is 4.52. The predicted molar refractivity (Wildman–Crippen MR) is 55.7 cm³/mol. The van der Waals surface area contributed by atoms with Crippen molar-refractivity contribution in [1.29, 1.82) is 0 Å². The van der Waals surface area contributed by atoms with Crippen LogP contribution in [0.15, 0.2) is 24.3 Å². The van der Waals surface area contributed by atoms with E-state index in [1.54, 1.807) is 31.3 Å². The second-order valence-electron chi connectivity index (χ2n) is 3.20. The van der Waals surface area contributed by atoms with E-state index in [-0.39, 0.29) is 0 Å². The van der Waals surface area contributed by atoms with Crippen LogP contribution in [0, 0.1) is 0 Å². The summed E-state index contributed by atoms with van der Waals surface area (Å²) in [6.07, 6.45) is -1.78. The zero-order valence-electron chi connectivity index (χ0n) is 8.14. The van der Waals surface area contributed by atoms with Gasteiger partial charge < -0.3 is 21.3 Å². The second kappa shape index (κ2) is 4.95. The van der Waals surface area contributed by atoms with Crippen LogP contribution >= 0.6 is 0 Å². The van der Waals surface area contributed by atoms with Crippen LogP contribution in [0.2, 0.25) is 0 Å². The van der Waals surface area contributed by atoms with E-state index in [1.807, 2.05) is 0 Å². The number of rotatable bonds is 4. The van der Waals surface area contributed by atoms with Crippen molar-refractivity contribution in [3.05, 3.63) is 29.8 Å². The lowest BCUT2D eigenvalue weighted by Gasteiger charge is -2.19. The summed E-state index contributed by atoms with van der Waals surface area (Å²) in [6.45, 7) is 0.329. The smallest absolute Gasteiger partial charge is 0.108 e. The van der Waals surface area contributed by atoms with Crippen LogP contribution in [0.25, 0.3) is 0 Å². The molecule has 0 spiro atoms. The Morgan fingerprint density at radius 2 is 2.00 bits per heavy atom. The highest BCUT2D eigenvalue weighted by Gasteiger charge is 2.18. The molecule has 0 aliphatic rings. The Labute approximate surface area is 83.4 Å². The van der Waals surface area contributed by atoms with Crippen molar-refractivity contribution in [3.8, 4) is 0 Å². The highest BCUT2D eigenvalue weighted by molar-refractivity contribution is 5.47. The maximum absolute atomic E-state index is 9.73. The SMILES string of the molecule is CNCC(O)C(O)c1ccccc1N. The summed E-state index contributed by atoms with van der Waals surface area (Å²) in [4.78, 5) is 0. The third-order valence-corrected chi connectivity index (χ3v) is 2.09. The minimum Gasteiger partial charge on any atom is -0.398 e. The van der Waals surface area contributed by atoms with Crippen LogP contribution < -0.4 is 11.1 Å².